The molecule has 0 aromatic carbocycles. The zero-order valence-corrected chi connectivity index (χ0v) is 6.69. The fourth-order valence-electron chi connectivity index (χ4n) is 0.765. The van der Waals surface area contributed by atoms with Crippen LogP contribution in [0.1, 0.15) is 19.8 Å². The summed E-state index contributed by atoms with van der Waals surface area (Å²) < 4.78 is 0. The van der Waals surface area contributed by atoms with Crippen LogP contribution in [0.5, 0.6) is 0 Å². The molecule has 1 heteroatoms. The average Bonchev–Trinajstić information content (AvgIpc) is 2.42. The second kappa shape index (κ2) is 2.67. The number of hydrogen-bond acceptors (Lipinski definition) is 0. The van der Waals surface area contributed by atoms with Gasteiger partial charge in [0.05, 0.1) is 0 Å². The van der Waals surface area contributed by atoms with E-state index in [0.29, 0.717) is 0 Å². The molecule has 0 spiro atoms. The molecule has 0 amide bonds. The van der Waals surface area contributed by atoms with E-state index >= 15 is 0 Å². The van der Waals surface area contributed by atoms with Gasteiger partial charge in [-0.25, -0.2) is 0 Å². The van der Waals surface area contributed by atoms with Gasteiger partial charge in [-0.15, -0.1) is 0 Å². The summed E-state index contributed by atoms with van der Waals surface area (Å²) in [7, 11) is 0. The van der Waals surface area contributed by atoms with Gasteiger partial charge in [0.1, 0.15) is 0 Å². The van der Waals surface area contributed by atoms with E-state index in [1.165, 1.54) is 12.8 Å². The zero-order valence-electron chi connectivity index (χ0n) is 5.10. The molecule has 1 rings (SSSR count). The monoisotopic (exact) mass is 174 g/mol. The third-order valence-corrected chi connectivity index (χ3v) is 2.63. The second-order valence-electron chi connectivity index (χ2n) is 2.32. The Balaban J connectivity index is 2.05. The van der Waals surface area contributed by atoms with E-state index in [4.69, 9.17) is 0 Å². The predicted molar refractivity (Wildman–Crippen MR) is 40.3 cm³/mol. The van der Waals surface area contributed by atoms with Crippen LogP contribution in [0, 0.1) is 5.92 Å². The number of hydrogen-bond donors (Lipinski definition) is 0. The van der Waals surface area contributed by atoms with Crippen LogP contribution in [0.25, 0.3) is 0 Å². The van der Waals surface area contributed by atoms with Crippen LogP contribution in [0.2, 0.25) is 0 Å². The Morgan fingerprint density at radius 3 is 2.75 bits per heavy atom. The van der Waals surface area contributed by atoms with E-state index in [-0.39, 0.29) is 0 Å². The number of halogens is 1. The highest BCUT2D eigenvalue weighted by atomic mass is 79.9. The normalized spacial score (nSPS) is 36.2. The minimum atomic E-state index is 0.832. The molecule has 0 bridgehead atoms. The molecule has 2 atom stereocenters. The summed E-state index contributed by atoms with van der Waals surface area (Å²) in [4.78, 5) is 0.832. The minimum Gasteiger partial charge on any atom is -0.0917 e. The fraction of sp³-hybridized carbons (Fsp3) is 0.714. The smallest absolute Gasteiger partial charge is 0.0180 e. The van der Waals surface area contributed by atoms with Crippen molar-refractivity contribution in [3.63, 3.8) is 0 Å². The lowest BCUT2D eigenvalue weighted by Crippen LogP contribution is -1.72. The summed E-state index contributed by atoms with van der Waals surface area (Å²) in [5, 5.41) is 0. The molecule has 1 saturated carbocycles. The fourth-order valence-corrected chi connectivity index (χ4v) is 1.46. The van der Waals surface area contributed by atoms with E-state index in [1.54, 1.807) is 0 Å². The van der Waals surface area contributed by atoms with Crippen LogP contribution in [-0.2, 0) is 0 Å². The van der Waals surface area contributed by atoms with Crippen molar-refractivity contribution in [1.29, 1.82) is 0 Å². The van der Waals surface area contributed by atoms with Crippen molar-refractivity contribution in [3.8, 4) is 0 Å². The van der Waals surface area contributed by atoms with Crippen LogP contribution in [-0.4, -0.2) is 4.83 Å². The third kappa shape index (κ3) is 1.62. The first-order valence-electron chi connectivity index (χ1n) is 3.10. The molecule has 2 unspecified atom stereocenters. The SMILES string of the molecule is C/C=C/CC1CC1Br. The molecular formula is C7H11Br. The molecule has 0 saturated heterocycles. The Hall–Kier alpha value is 0.220. The Kier molecular flexibility index (Phi) is 2.12. The topological polar surface area (TPSA) is 0 Å². The zero-order chi connectivity index (χ0) is 5.98. The molecule has 0 N–H and O–H groups in total. The Morgan fingerprint density at radius 1 is 1.75 bits per heavy atom. The van der Waals surface area contributed by atoms with Crippen molar-refractivity contribution in [1.82, 2.24) is 0 Å². The number of alkyl halides is 1. The van der Waals surface area contributed by atoms with Gasteiger partial charge in [0.15, 0.2) is 0 Å². The maximum absolute atomic E-state index is 3.54. The van der Waals surface area contributed by atoms with Crippen molar-refractivity contribution in [3.05, 3.63) is 12.2 Å². The highest BCUT2D eigenvalue weighted by Crippen LogP contribution is 2.40. The van der Waals surface area contributed by atoms with Gasteiger partial charge >= 0.3 is 0 Å². The van der Waals surface area contributed by atoms with Gasteiger partial charge in [-0.05, 0) is 25.7 Å². The molecule has 1 fully saturated rings. The van der Waals surface area contributed by atoms with Gasteiger partial charge in [0, 0.05) is 4.83 Å². The third-order valence-electron chi connectivity index (χ3n) is 1.51. The van der Waals surface area contributed by atoms with Crippen molar-refractivity contribution in [2.24, 2.45) is 5.92 Å². The van der Waals surface area contributed by atoms with Crippen LogP contribution in [0.4, 0.5) is 0 Å². The largest absolute Gasteiger partial charge is 0.0917 e. The van der Waals surface area contributed by atoms with Gasteiger partial charge in [0.25, 0.3) is 0 Å². The van der Waals surface area contributed by atoms with E-state index in [2.05, 4.69) is 35.0 Å². The van der Waals surface area contributed by atoms with Crippen molar-refractivity contribution in [2.75, 3.05) is 0 Å². The first-order valence-corrected chi connectivity index (χ1v) is 4.01. The first kappa shape index (κ1) is 6.34. The van der Waals surface area contributed by atoms with Crippen LogP contribution in [0.3, 0.4) is 0 Å². The minimum absolute atomic E-state index is 0.832. The summed E-state index contributed by atoms with van der Waals surface area (Å²) in [6.07, 6.45) is 7.01. The van der Waals surface area contributed by atoms with E-state index in [9.17, 15) is 0 Å². The average molecular weight is 175 g/mol. The Bertz CT molecular complexity index is 96.6. The van der Waals surface area contributed by atoms with Crippen molar-refractivity contribution >= 4 is 15.9 Å². The lowest BCUT2D eigenvalue weighted by atomic mass is 10.3. The van der Waals surface area contributed by atoms with E-state index < -0.39 is 0 Å². The molecule has 1 aliphatic rings. The van der Waals surface area contributed by atoms with Gasteiger partial charge in [0.2, 0.25) is 0 Å². The highest BCUT2D eigenvalue weighted by Gasteiger charge is 2.32. The Labute approximate surface area is 59.1 Å². The van der Waals surface area contributed by atoms with Crippen molar-refractivity contribution < 1.29 is 0 Å². The van der Waals surface area contributed by atoms with Crippen molar-refractivity contribution in [2.45, 2.75) is 24.6 Å². The van der Waals surface area contributed by atoms with Gasteiger partial charge in [-0.2, -0.15) is 0 Å². The molecule has 0 radical (unpaired) electrons. The summed E-state index contributed by atoms with van der Waals surface area (Å²) in [5.74, 6) is 0.950. The van der Waals surface area contributed by atoms with E-state index in [0.717, 1.165) is 10.7 Å². The van der Waals surface area contributed by atoms with E-state index in [1.807, 2.05) is 0 Å². The van der Waals surface area contributed by atoms with Gasteiger partial charge in [-0.3, -0.25) is 0 Å². The summed E-state index contributed by atoms with van der Waals surface area (Å²) >= 11 is 3.54. The molecule has 8 heavy (non-hydrogen) atoms. The van der Waals surface area contributed by atoms with Crippen LogP contribution in [0.15, 0.2) is 12.2 Å². The predicted octanol–water partition coefficient (Wildman–Crippen LogP) is 2.74. The standard InChI is InChI=1S/C7H11Br/c1-2-3-4-6-5-7(6)8/h2-3,6-7H,4-5H2,1H3/b3-2+. The molecular weight excluding hydrogens is 164 g/mol. The molecule has 0 aromatic heterocycles. The summed E-state index contributed by atoms with van der Waals surface area (Å²) in [5.41, 5.74) is 0. The summed E-state index contributed by atoms with van der Waals surface area (Å²) in [6, 6.07) is 0. The number of rotatable bonds is 2. The Morgan fingerprint density at radius 2 is 2.38 bits per heavy atom. The molecule has 0 heterocycles. The molecule has 46 valence electrons. The van der Waals surface area contributed by atoms with Crippen LogP contribution < -0.4 is 0 Å². The molecule has 0 aromatic rings. The molecule has 1 aliphatic carbocycles. The van der Waals surface area contributed by atoms with Gasteiger partial charge in [-0.1, -0.05) is 28.1 Å². The highest BCUT2D eigenvalue weighted by molar-refractivity contribution is 9.09. The summed E-state index contributed by atoms with van der Waals surface area (Å²) in [6.45, 7) is 2.08. The van der Waals surface area contributed by atoms with Crippen LogP contribution >= 0.6 is 15.9 Å². The molecule has 0 aliphatic heterocycles. The second-order valence-corrected chi connectivity index (χ2v) is 3.49. The maximum atomic E-state index is 3.54. The quantitative estimate of drug-likeness (QED) is 0.447. The molecule has 0 nitrogen and oxygen atoms in total. The first-order chi connectivity index (χ1) is 3.84. The number of allylic oxidation sites excluding steroid dienone is 2. The lowest BCUT2D eigenvalue weighted by Gasteiger charge is -1.83. The maximum Gasteiger partial charge on any atom is 0.0180 e. The van der Waals surface area contributed by atoms with Gasteiger partial charge < -0.3 is 0 Å². The lowest BCUT2D eigenvalue weighted by molar-refractivity contribution is 0.868.